The average Bonchev–Trinajstić information content (AvgIpc) is 2.67. The molecule has 0 radical (unpaired) electrons. The van der Waals surface area contributed by atoms with Crippen LogP contribution in [0.2, 0.25) is 0 Å². The van der Waals surface area contributed by atoms with Crippen molar-refractivity contribution in [2.45, 2.75) is 40.0 Å². The number of hydrogen-bond acceptors (Lipinski definition) is 4. The number of nitrogens with one attached hydrogen (secondary N) is 1. The van der Waals surface area contributed by atoms with Crippen LogP contribution in [0.1, 0.15) is 47.3 Å². The maximum absolute atomic E-state index is 12.4. The van der Waals surface area contributed by atoms with Gasteiger partial charge in [-0.05, 0) is 65.9 Å². The van der Waals surface area contributed by atoms with Crippen LogP contribution in [0.4, 0.5) is 5.69 Å². The second-order valence-corrected chi connectivity index (χ2v) is 6.44. The zero-order valence-corrected chi connectivity index (χ0v) is 16.9. The third-order valence-electron chi connectivity index (χ3n) is 4.73. The summed E-state index contributed by atoms with van der Waals surface area (Å²) in [6.45, 7) is 9.94. The predicted octanol–water partition coefficient (Wildman–Crippen LogP) is 5.53. The molecular formula is C23H29NO3. The molecule has 0 aliphatic carbocycles. The number of rotatable bonds is 8. The summed E-state index contributed by atoms with van der Waals surface area (Å²) in [5.74, 6) is 0.561. The molecule has 4 heteroatoms. The molecule has 0 aromatic heterocycles. The van der Waals surface area contributed by atoms with Crippen molar-refractivity contribution in [2.75, 3.05) is 19.5 Å². The Balaban J connectivity index is 2.75. The van der Waals surface area contributed by atoms with Gasteiger partial charge in [-0.1, -0.05) is 39.0 Å². The van der Waals surface area contributed by atoms with Crippen LogP contribution in [0.15, 0.2) is 37.0 Å². The topological polar surface area (TPSA) is 47.6 Å². The Bertz CT molecular complexity index is 840. The Morgan fingerprint density at radius 2 is 1.96 bits per heavy atom. The summed E-state index contributed by atoms with van der Waals surface area (Å²) in [6, 6.07) is 8.34. The minimum absolute atomic E-state index is 0.348. The molecule has 0 saturated carbocycles. The number of carbonyl (C=O) groups is 1. The number of ether oxygens (including phenoxy) is 2. The number of methoxy groups -OCH3 is 2. The van der Waals surface area contributed by atoms with E-state index >= 15 is 0 Å². The molecule has 1 N–H and O–H groups in total. The van der Waals surface area contributed by atoms with E-state index in [2.05, 4.69) is 43.9 Å². The van der Waals surface area contributed by atoms with E-state index in [9.17, 15) is 4.79 Å². The van der Waals surface area contributed by atoms with Gasteiger partial charge in [0.2, 0.25) is 0 Å². The van der Waals surface area contributed by atoms with Gasteiger partial charge in [0.1, 0.15) is 5.75 Å². The van der Waals surface area contributed by atoms with Gasteiger partial charge >= 0.3 is 5.97 Å². The molecule has 0 saturated heterocycles. The van der Waals surface area contributed by atoms with E-state index in [1.807, 2.05) is 13.0 Å². The lowest BCUT2D eigenvalue weighted by Crippen LogP contribution is -2.11. The highest BCUT2D eigenvalue weighted by Gasteiger charge is 2.21. The van der Waals surface area contributed by atoms with Crippen LogP contribution in [0, 0.1) is 6.92 Å². The lowest BCUT2D eigenvalue weighted by Gasteiger charge is -2.20. The highest BCUT2D eigenvalue weighted by Crippen LogP contribution is 2.37. The van der Waals surface area contributed by atoms with Crippen LogP contribution in [-0.4, -0.2) is 20.2 Å². The van der Waals surface area contributed by atoms with Crippen molar-refractivity contribution in [1.29, 1.82) is 0 Å². The number of esters is 1. The predicted molar refractivity (Wildman–Crippen MR) is 112 cm³/mol. The molecule has 0 aliphatic rings. The normalized spacial score (nSPS) is 10.4. The smallest absolute Gasteiger partial charge is 0.340 e. The first kappa shape index (κ1) is 20.6. The molecule has 0 amide bonds. The van der Waals surface area contributed by atoms with Crippen molar-refractivity contribution in [1.82, 2.24) is 0 Å². The van der Waals surface area contributed by atoms with Gasteiger partial charge in [-0.15, -0.1) is 0 Å². The molecule has 27 heavy (non-hydrogen) atoms. The van der Waals surface area contributed by atoms with Crippen LogP contribution in [0.25, 0.3) is 11.1 Å². The lowest BCUT2D eigenvalue weighted by molar-refractivity contribution is 0.0601. The monoisotopic (exact) mass is 367 g/mol. The SMILES string of the molecule is C=CNc1c(CC)c(-c2ccc(OC)c(CCC)c2)cc(C)c1C(=O)OC. The standard InChI is InChI=1S/C23H29NO3/c1-7-10-17-14-16(11-12-20(17)26-5)19-13-15(4)21(23(25)27-6)22(24-9-3)18(19)8-2/h9,11-14,24H,3,7-8,10H2,1-2,4-6H3. The van der Waals surface area contributed by atoms with E-state index in [0.29, 0.717) is 5.56 Å². The third kappa shape index (κ3) is 4.16. The fourth-order valence-corrected chi connectivity index (χ4v) is 3.52. The molecule has 0 atom stereocenters. The summed E-state index contributed by atoms with van der Waals surface area (Å²) >= 11 is 0. The van der Waals surface area contributed by atoms with Crippen LogP contribution < -0.4 is 10.1 Å². The Morgan fingerprint density at radius 1 is 1.22 bits per heavy atom. The Morgan fingerprint density at radius 3 is 2.52 bits per heavy atom. The molecular weight excluding hydrogens is 338 g/mol. The van der Waals surface area contributed by atoms with Gasteiger partial charge in [-0.3, -0.25) is 0 Å². The highest BCUT2D eigenvalue weighted by atomic mass is 16.5. The fraction of sp³-hybridized carbons (Fsp3) is 0.348. The van der Waals surface area contributed by atoms with Crippen molar-refractivity contribution in [3.63, 3.8) is 0 Å². The van der Waals surface area contributed by atoms with Gasteiger partial charge in [0, 0.05) is 0 Å². The van der Waals surface area contributed by atoms with E-state index < -0.39 is 0 Å². The molecule has 4 nitrogen and oxygen atoms in total. The van der Waals surface area contributed by atoms with E-state index in [-0.39, 0.29) is 5.97 Å². The molecule has 0 heterocycles. The number of carbonyl (C=O) groups excluding carboxylic acids is 1. The van der Waals surface area contributed by atoms with Gasteiger partial charge in [-0.2, -0.15) is 0 Å². The lowest BCUT2D eigenvalue weighted by atomic mass is 9.89. The quantitative estimate of drug-likeness (QED) is 0.623. The van der Waals surface area contributed by atoms with E-state index in [1.54, 1.807) is 13.3 Å². The highest BCUT2D eigenvalue weighted by molar-refractivity contribution is 6.00. The number of aryl methyl sites for hydroxylation is 2. The number of anilines is 1. The maximum Gasteiger partial charge on any atom is 0.340 e. The van der Waals surface area contributed by atoms with Crippen molar-refractivity contribution in [2.24, 2.45) is 0 Å². The molecule has 0 unspecified atom stereocenters. The van der Waals surface area contributed by atoms with Crippen molar-refractivity contribution in [3.8, 4) is 16.9 Å². The summed E-state index contributed by atoms with van der Waals surface area (Å²) in [7, 11) is 3.10. The summed E-state index contributed by atoms with van der Waals surface area (Å²) in [4.78, 5) is 12.4. The fourth-order valence-electron chi connectivity index (χ4n) is 3.52. The molecule has 0 bridgehead atoms. The van der Waals surface area contributed by atoms with Crippen molar-refractivity contribution < 1.29 is 14.3 Å². The molecule has 0 aliphatic heterocycles. The van der Waals surface area contributed by atoms with Crippen LogP contribution in [0.5, 0.6) is 5.75 Å². The Kier molecular flexibility index (Phi) is 7.05. The van der Waals surface area contributed by atoms with Gasteiger partial charge in [0.15, 0.2) is 0 Å². The second kappa shape index (κ2) is 9.26. The largest absolute Gasteiger partial charge is 0.496 e. The molecule has 2 aromatic rings. The molecule has 0 fully saturated rings. The van der Waals surface area contributed by atoms with Crippen molar-refractivity contribution in [3.05, 3.63) is 59.3 Å². The first-order chi connectivity index (χ1) is 13.0. The van der Waals surface area contributed by atoms with Crippen LogP contribution in [-0.2, 0) is 17.6 Å². The molecule has 0 spiro atoms. The first-order valence-corrected chi connectivity index (χ1v) is 9.31. The molecule has 2 rings (SSSR count). The van der Waals surface area contributed by atoms with Crippen molar-refractivity contribution >= 4 is 11.7 Å². The number of hydrogen-bond donors (Lipinski definition) is 1. The summed E-state index contributed by atoms with van der Waals surface area (Å²) < 4.78 is 10.5. The van der Waals surface area contributed by atoms with E-state index in [0.717, 1.165) is 53.0 Å². The minimum Gasteiger partial charge on any atom is -0.496 e. The van der Waals surface area contributed by atoms with E-state index in [4.69, 9.17) is 9.47 Å². The Labute approximate surface area is 162 Å². The summed E-state index contributed by atoms with van der Waals surface area (Å²) in [5.41, 5.74) is 6.66. The van der Waals surface area contributed by atoms with Gasteiger partial charge < -0.3 is 14.8 Å². The van der Waals surface area contributed by atoms with E-state index in [1.165, 1.54) is 12.7 Å². The van der Waals surface area contributed by atoms with Gasteiger partial charge in [0.25, 0.3) is 0 Å². The Hall–Kier alpha value is -2.75. The molecule has 144 valence electrons. The maximum atomic E-state index is 12.4. The zero-order chi connectivity index (χ0) is 20.0. The molecule has 2 aromatic carbocycles. The number of benzene rings is 2. The average molecular weight is 367 g/mol. The summed E-state index contributed by atoms with van der Waals surface area (Å²) in [5, 5.41) is 3.16. The zero-order valence-electron chi connectivity index (χ0n) is 16.9. The van der Waals surface area contributed by atoms with Gasteiger partial charge in [-0.25, -0.2) is 4.79 Å². The second-order valence-electron chi connectivity index (χ2n) is 6.44. The summed E-state index contributed by atoms with van der Waals surface area (Å²) in [6.07, 6.45) is 4.37. The minimum atomic E-state index is -0.348. The first-order valence-electron chi connectivity index (χ1n) is 9.31. The van der Waals surface area contributed by atoms with Gasteiger partial charge in [0.05, 0.1) is 25.5 Å². The third-order valence-corrected chi connectivity index (χ3v) is 4.73. The van der Waals surface area contributed by atoms with Crippen LogP contribution in [0.3, 0.4) is 0 Å². The van der Waals surface area contributed by atoms with Crippen LogP contribution >= 0.6 is 0 Å².